The lowest BCUT2D eigenvalue weighted by Crippen LogP contribution is -2.49. The van der Waals surface area contributed by atoms with E-state index >= 15 is 0 Å². The lowest BCUT2D eigenvalue weighted by Gasteiger charge is -2.32. The molecule has 2 N–H and O–H groups in total. The Kier molecular flexibility index (Phi) is 9.47. The highest BCUT2D eigenvalue weighted by molar-refractivity contribution is 5.98. The summed E-state index contributed by atoms with van der Waals surface area (Å²) in [6, 6.07) is 5.75. The van der Waals surface area contributed by atoms with Crippen LogP contribution in [0.5, 0.6) is 0 Å². The first kappa shape index (κ1) is 31.4. The summed E-state index contributed by atoms with van der Waals surface area (Å²) < 4.78 is 27.4. The van der Waals surface area contributed by atoms with Crippen LogP contribution in [-0.4, -0.2) is 103 Å². The molecule has 0 radical (unpaired) electrons. The quantitative estimate of drug-likeness (QED) is 0.231. The van der Waals surface area contributed by atoms with Crippen molar-refractivity contribution >= 4 is 35.8 Å². The largest absolute Gasteiger partial charge is 0.462 e. The maximum atomic E-state index is 13.5. The van der Waals surface area contributed by atoms with Crippen molar-refractivity contribution < 1.29 is 52.8 Å². The first-order chi connectivity index (χ1) is 21.1. The van der Waals surface area contributed by atoms with Crippen LogP contribution in [0.15, 0.2) is 42.0 Å². The number of likely N-dealkylation sites (tertiary alicyclic amines) is 1. The van der Waals surface area contributed by atoms with Crippen LogP contribution in [0, 0.1) is 5.41 Å². The molecule has 4 aliphatic rings. The van der Waals surface area contributed by atoms with Crippen molar-refractivity contribution in [3.05, 3.63) is 53.1 Å². The molecule has 0 bridgehead atoms. The van der Waals surface area contributed by atoms with Gasteiger partial charge in [0.05, 0.1) is 12.2 Å². The third-order valence-electron chi connectivity index (χ3n) is 8.04. The Morgan fingerprint density at radius 2 is 2.00 bits per heavy atom. The summed E-state index contributed by atoms with van der Waals surface area (Å²) in [7, 11) is 0. The smallest absolute Gasteiger partial charge is 0.348 e. The van der Waals surface area contributed by atoms with E-state index in [-0.39, 0.29) is 50.4 Å². The van der Waals surface area contributed by atoms with Gasteiger partial charge >= 0.3 is 17.9 Å². The fraction of sp³-hybridized carbons (Fsp3) is 0.516. The van der Waals surface area contributed by atoms with Gasteiger partial charge in [0.25, 0.3) is 0 Å². The Morgan fingerprint density at radius 3 is 2.75 bits per heavy atom. The van der Waals surface area contributed by atoms with Crippen molar-refractivity contribution in [3.63, 3.8) is 0 Å². The number of cyclic esters (lactones) is 1. The molecule has 1 aromatic carbocycles. The molecule has 13 heteroatoms. The average molecular weight is 613 g/mol. The van der Waals surface area contributed by atoms with Crippen LogP contribution < -0.4 is 5.32 Å². The normalized spacial score (nSPS) is 27.4. The molecule has 3 saturated heterocycles. The van der Waals surface area contributed by atoms with Gasteiger partial charge in [-0.05, 0) is 42.7 Å². The number of hydrogen-bond donors (Lipinski definition) is 2. The summed E-state index contributed by atoms with van der Waals surface area (Å²) in [4.78, 5) is 65.1. The number of esters is 3. The molecule has 5 unspecified atom stereocenters. The van der Waals surface area contributed by atoms with Crippen LogP contribution in [0.3, 0.4) is 0 Å². The van der Waals surface area contributed by atoms with E-state index in [1.165, 1.54) is 23.1 Å². The van der Waals surface area contributed by atoms with Gasteiger partial charge in [-0.25, -0.2) is 14.4 Å². The number of nitrogens with one attached hydrogen (secondary N) is 1. The SMILES string of the molecule is CC1(C)COC(=O)C1OC(=O)C=Cc1cccc(C(=O)OC2CC(C(=O)N3CCCC3C(=O)NCCO)=CC3OCOC32)c1. The maximum Gasteiger partial charge on any atom is 0.348 e. The number of amides is 2. The summed E-state index contributed by atoms with van der Waals surface area (Å²) in [5, 5.41) is 11.7. The summed E-state index contributed by atoms with van der Waals surface area (Å²) in [6.07, 6.45) is 2.49. The molecule has 3 heterocycles. The molecular formula is C31H36N2O11. The van der Waals surface area contributed by atoms with Gasteiger partial charge in [-0.2, -0.15) is 0 Å². The molecular weight excluding hydrogens is 576 g/mol. The minimum Gasteiger partial charge on any atom is -0.462 e. The van der Waals surface area contributed by atoms with E-state index in [0.29, 0.717) is 30.5 Å². The van der Waals surface area contributed by atoms with Crippen molar-refractivity contribution in [2.24, 2.45) is 5.41 Å². The van der Waals surface area contributed by atoms with Gasteiger partial charge in [-0.1, -0.05) is 26.0 Å². The van der Waals surface area contributed by atoms with Crippen molar-refractivity contribution in [3.8, 4) is 0 Å². The highest BCUT2D eigenvalue weighted by Crippen LogP contribution is 2.33. The molecule has 0 spiro atoms. The lowest BCUT2D eigenvalue weighted by molar-refractivity contribution is -0.159. The first-order valence-corrected chi connectivity index (χ1v) is 14.6. The molecule has 3 fully saturated rings. The number of rotatable bonds is 9. The van der Waals surface area contributed by atoms with Crippen LogP contribution >= 0.6 is 0 Å². The zero-order valence-corrected chi connectivity index (χ0v) is 24.6. The molecule has 13 nitrogen and oxygen atoms in total. The number of fused-ring (bicyclic) bond motifs is 1. The van der Waals surface area contributed by atoms with Gasteiger partial charge in [0.1, 0.15) is 37.8 Å². The highest BCUT2D eigenvalue weighted by atomic mass is 16.7. The summed E-state index contributed by atoms with van der Waals surface area (Å²) in [5.41, 5.74) is 0.447. The van der Waals surface area contributed by atoms with Gasteiger partial charge in [-0.15, -0.1) is 0 Å². The van der Waals surface area contributed by atoms with E-state index in [1.54, 1.807) is 38.1 Å². The zero-order valence-electron chi connectivity index (χ0n) is 24.6. The standard InChI is InChI=1S/C31H36N2O11/c1-31(2)16-40-30(39)26(31)44-24(35)9-8-18-5-3-6-19(13-18)29(38)43-23-15-20(14-22-25(23)42-17-41-22)28(37)33-11-4-7-21(33)27(36)32-10-12-34/h3,5-6,8-9,13-14,21-23,25-26,34H,4,7,10-12,15-17H2,1-2H3,(H,32,36). The minimum atomic E-state index is -1.01. The van der Waals surface area contributed by atoms with Gasteiger partial charge in [0.15, 0.2) is 0 Å². The van der Waals surface area contributed by atoms with Crippen LogP contribution in [0.4, 0.5) is 0 Å². The van der Waals surface area contributed by atoms with Crippen LogP contribution in [-0.2, 0) is 42.9 Å². The molecule has 5 rings (SSSR count). The Balaban J connectivity index is 1.23. The fourth-order valence-electron chi connectivity index (χ4n) is 5.71. The minimum absolute atomic E-state index is 0.0244. The number of aliphatic hydroxyl groups is 1. The Morgan fingerprint density at radius 1 is 1.18 bits per heavy atom. The van der Waals surface area contributed by atoms with Crippen molar-refractivity contribution in [1.82, 2.24) is 10.2 Å². The van der Waals surface area contributed by atoms with Crippen LogP contribution in [0.25, 0.3) is 6.08 Å². The molecule has 0 saturated carbocycles. The number of carbonyl (C=O) groups is 5. The third kappa shape index (κ3) is 6.85. The topological polar surface area (TPSA) is 167 Å². The van der Waals surface area contributed by atoms with Gasteiger partial charge in [-0.3, -0.25) is 9.59 Å². The number of aliphatic hydroxyl groups excluding tert-OH is 1. The third-order valence-corrected chi connectivity index (χ3v) is 8.04. The number of benzene rings is 1. The molecule has 3 aliphatic heterocycles. The van der Waals surface area contributed by atoms with E-state index in [9.17, 15) is 24.0 Å². The van der Waals surface area contributed by atoms with Crippen molar-refractivity contribution in [2.75, 3.05) is 33.1 Å². The second kappa shape index (κ2) is 13.3. The Labute approximate surface area is 254 Å². The van der Waals surface area contributed by atoms with Gasteiger partial charge in [0.2, 0.25) is 17.9 Å². The van der Waals surface area contributed by atoms with E-state index in [2.05, 4.69) is 5.32 Å². The molecule has 44 heavy (non-hydrogen) atoms. The van der Waals surface area contributed by atoms with E-state index in [4.69, 9.17) is 28.8 Å². The number of hydrogen-bond acceptors (Lipinski definition) is 11. The number of ether oxygens (including phenoxy) is 5. The summed E-state index contributed by atoms with van der Waals surface area (Å²) in [5.74, 6) is -2.64. The molecule has 236 valence electrons. The number of nitrogens with zero attached hydrogens (tertiary/aromatic N) is 1. The van der Waals surface area contributed by atoms with E-state index in [0.717, 1.165) is 0 Å². The van der Waals surface area contributed by atoms with Crippen molar-refractivity contribution in [2.45, 2.75) is 63.6 Å². The second-order valence-electron chi connectivity index (χ2n) is 11.8. The van der Waals surface area contributed by atoms with E-state index in [1.807, 2.05) is 0 Å². The van der Waals surface area contributed by atoms with Crippen molar-refractivity contribution in [1.29, 1.82) is 0 Å². The molecule has 2 amide bonds. The van der Waals surface area contributed by atoms with Crippen LogP contribution in [0.1, 0.15) is 49.0 Å². The average Bonchev–Trinajstić information content (AvgIpc) is 3.75. The van der Waals surface area contributed by atoms with Crippen LogP contribution in [0.2, 0.25) is 0 Å². The Hall–Kier alpha value is -4.07. The van der Waals surface area contributed by atoms with Gasteiger partial charge < -0.3 is 39.0 Å². The predicted molar refractivity (Wildman–Crippen MR) is 151 cm³/mol. The predicted octanol–water partition coefficient (Wildman–Crippen LogP) is 0.891. The molecule has 1 aliphatic carbocycles. The molecule has 5 atom stereocenters. The monoisotopic (exact) mass is 612 g/mol. The van der Waals surface area contributed by atoms with Gasteiger partial charge in [0, 0.05) is 36.6 Å². The Bertz CT molecular complexity index is 1370. The number of carbonyl (C=O) groups excluding carboxylic acids is 5. The summed E-state index contributed by atoms with van der Waals surface area (Å²) in [6.45, 7) is 3.97. The lowest BCUT2D eigenvalue weighted by atomic mass is 9.90. The maximum absolute atomic E-state index is 13.5. The second-order valence-corrected chi connectivity index (χ2v) is 11.8. The zero-order chi connectivity index (χ0) is 31.4. The fourth-order valence-corrected chi connectivity index (χ4v) is 5.71. The van der Waals surface area contributed by atoms with E-state index < -0.39 is 53.8 Å². The molecule has 1 aromatic rings. The summed E-state index contributed by atoms with van der Waals surface area (Å²) >= 11 is 0. The first-order valence-electron chi connectivity index (χ1n) is 14.6. The molecule has 0 aromatic heterocycles. The highest BCUT2D eigenvalue weighted by Gasteiger charge is 2.47.